The Morgan fingerprint density at radius 2 is 1.93 bits per heavy atom. The molecule has 1 amide bonds. The van der Waals surface area contributed by atoms with Crippen molar-refractivity contribution in [2.45, 2.75) is 51.1 Å². The van der Waals surface area contributed by atoms with Gasteiger partial charge in [-0.2, -0.15) is 0 Å². The zero-order chi connectivity index (χ0) is 20.6. The average Bonchev–Trinajstić information content (AvgIpc) is 2.73. The van der Waals surface area contributed by atoms with Gasteiger partial charge in [-0.05, 0) is 56.6 Å². The van der Waals surface area contributed by atoms with E-state index in [4.69, 9.17) is 9.90 Å². The second-order valence-electron chi connectivity index (χ2n) is 8.57. The number of amides is 1. The molecule has 0 saturated carbocycles. The molecule has 6 nitrogen and oxygen atoms in total. The topological polar surface area (TPSA) is 72.9 Å². The Balaban J connectivity index is 0.000000755. The summed E-state index contributed by atoms with van der Waals surface area (Å²) in [7, 11) is 0. The summed E-state index contributed by atoms with van der Waals surface area (Å²) in [6.07, 6.45) is 6.58. The maximum Gasteiger partial charge on any atom is 0.290 e. The summed E-state index contributed by atoms with van der Waals surface area (Å²) < 4.78 is 0. The van der Waals surface area contributed by atoms with Gasteiger partial charge in [0, 0.05) is 31.7 Å². The predicted molar refractivity (Wildman–Crippen MR) is 114 cm³/mol. The third kappa shape index (κ3) is 5.58. The first-order valence-electron chi connectivity index (χ1n) is 11.0. The molecule has 4 rings (SSSR count). The number of hydrogen-bond donors (Lipinski definition) is 2. The lowest BCUT2D eigenvalue weighted by atomic mass is 9.71. The molecule has 3 fully saturated rings. The number of piperidine rings is 3. The van der Waals surface area contributed by atoms with Gasteiger partial charge < -0.3 is 10.4 Å². The molecule has 3 heterocycles. The molecule has 1 aromatic rings. The summed E-state index contributed by atoms with van der Waals surface area (Å²) in [5.74, 6) is 1.63. The Labute approximate surface area is 174 Å². The van der Waals surface area contributed by atoms with Gasteiger partial charge >= 0.3 is 0 Å². The molecule has 3 aliphatic rings. The molecule has 0 unspecified atom stereocenters. The van der Waals surface area contributed by atoms with Crippen LogP contribution in [0.15, 0.2) is 30.3 Å². The SMILES string of the molecule is CCNC(=O)CN1C[C@H]2C[C@@H](C1)[C@H](Cc1ccccc1)N1CCCC[C@@H]21.O=CO. The molecule has 3 saturated heterocycles. The highest BCUT2D eigenvalue weighted by atomic mass is 16.3. The van der Waals surface area contributed by atoms with Crippen LogP contribution in [-0.4, -0.2) is 72.1 Å². The number of carbonyl (C=O) groups excluding carboxylic acids is 1. The highest BCUT2D eigenvalue weighted by Gasteiger charge is 2.47. The van der Waals surface area contributed by atoms with Crippen molar-refractivity contribution in [2.75, 3.05) is 32.7 Å². The normalized spacial score (nSPS) is 29.1. The van der Waals surface area contributed by atoms with Crippen LogP contribution in [0.25, 0.3) is 0 Å². The molecule has 2 N–H and O–H groups in total. The van der Waals surface area contributed by atoms with Crippen molar-refractivity contribution in [3.05, 3.63) is 35.9 Å². The van der Waals surface area contributed by atoms with Crippen molar-refractivity contribution in [3.8, 4) is 0 Å². The molecular formula is C23H35N3O3. The van der Waals surface area contributed by atoms with Crippen LogP contribution in [0.5, 0.6) is 0 Å². The zero-order valence-corrected chi connectivity index (χ0v) is 17.5. The zero-order valence-electron chi connectivity index (χ0n) is 17.5. The van der Waals surface area contributed by atoms with Gasteiger partial charge in [0.1, 0.15) is 0 Å². The van der Waals surface area contributed by atoms with E-state index in [2.05, 4.69) is 45.4 Å². The van der Waals surface area contributed by atoms with E-state index in [1.54, 1.807) is 0 Å². The molecule has 29 heavy (non-hydrogen) atoms. The van der Waals surface area contributed by atoms with Crippen molar-refractivity contribution in [2.24, 2.45) is 11.8 Å². The fourth-order valence-electron chi connectivity index (χ4n) is 5.73. The number of carboxylic acid groups (broad SMARTS) is 1. The fourth-order valence-corrected chi connectivity index (χ4v) is 5.73. The maximum atomic E-state index is 12.1. The first-order chi connectivity index (χ1) is 14.2. The molecule has 0 aliphatic carbocycles. The number of nitrogens with zero attached hydrogens (tertiary/aromatic N) is 2. The largest absolute Gasteiger partial charge is 0.483 e. The third-order valence-electron chi connectivity index (χ3n) is 6.73. The average molecular weight is 402 g/mol. The second kappa shape index (κ2) is 10.7. The molecule has 1 aromatic carbocycles. The molecule has 6 heteroatoms. The van der Waals surface area contributed by atoms with Gasteiger partial charge in [0.25, 0.3) is 6.47 Å². The molecule has 0 spiro atoms. The van der Waals surface area contributed by atoms with E-state index in [-0.39, 0.29) is 12.4 Å². The van der Waals surface area contributed by atoms with Crippen LogP contribution in [-0.2, 0) is 16.0 Å². The van der Waals surface area contributed by atoms with Crippen LogP contribution in [0.3, 0.4) is 0 Å². The second-order valence-corrected chi connectivity index (χ2v) is 8.57. The Bertz CT molecular complexity index is 654. The molecule has 0 radical (unpaired) electrons. The van der Waals surface area contributed by atoms with E-state index in [9.17, 15) is 4.79 Å². The number of fused-ring (bicyclic) bond motifs is 4. The fraction of sp³-hybridized carbons (Fsp3) is 0.652. The van der Waals surface area contributed by atoms with Gasteiger partial charge in [0.2, 0.25) is 5.91 Å². The standard InChI is InChI=1S/C22H33N3O.CH2O2/c1-2-23-22(26)16-24-14-18-13-19(15-24)21(12-17-8-4-3-5-9-17)25-11-7-6-10-20(18)25;2-1-3/h3-5,8-9,18-21H,2,6-7,10-16H2,1H3,(H,23,26);1H,(H,2,3)/t18-,19+,20+,21+;/m1./s1. The minimum atomic E-state index is -0.250. The van der Waals surface area contributed by atoms with Gasteiger partial charge in [-0.3, -0.25) is 19.4 Å². The Hall–Kier alpha value is -1.92. The summed E-state index contributed by atoms with van der Waals surface area (Å²) in [5, 5.41) is 9.86. The number of nitrogens with one attached hydrogen (secondary N) is 1. The van der Waals surface area contributed by atoms with Gasteiger partial charge in [0.15, 0.2) is 0 Å². The Morgan fingerprint density at radius 3 is 2.66 bits per heavy atom. The van der Waals surface area contributed by atoms with Crippen LogP contribution in [0, 0.1) is 11.8 Å². The van der Waals surface area contributed by atoms with E-state index in [1.165, 1.54) is 37.8 Å². The maximum absolute atomic E-state index is 12.1. The Kier molecular flexibility index (Phi) is 8.07. The van der Waals surface area contributed by atoms with E-state index < -0.39 is 0 Å². The van der Waals surface area contributed by atoms with Crippen molar-refractivity contribution >= 4 is 12.4 Å². The highest BCUT2D eigenvalue weighted by Crippen LogP contribution is 2.42. The quantitative estimate of drug-likeness (QED) is 0.741. The van der Waals surface area contributed by atoms with E-state index in [1.807, 2.05) is 6.92 Å². The highest BCUT2D eigenvalue weighted by molar-refractivity contribution is 5.77. The lowest BCUT2D eigenvalue weighted by Gasteiger charge is -2.57. The van der Waals surface area contributed by atoms with E-state index in [0.717, 1.165) is 38.0 Å². The first-order valence-corrected chi connectivity index (χ1v) is 11.0. The monoisotopic (exact) mass is 401 g/mol. The van der Waals surface area contributed by atoms with Crippen LogP contribution < -0.4 is 5.32 Å². The minimum Gasteiger partial charge on any atom is -0.483 e. The third-order valence-corrected chi connectivity index (χ3v) is 6.73. The van der Waals surface area contributed by atoms with E-state index >= 15 is 0 Å². The van der Waals surface area contributed by atoms with Crippen molar-refractivity contribution in [3.63, 3.8) is 0 Å². The van der Waals surface area contributed by atoms with Gasteiger partial charge in [-0.25, -0.2) is 0 Å². The smallest absolute Gasteiger partial charge is 0.290 e. The lowest BCUT2D eigenvalue weighted by Crippen LogP contribution is -2.64. The van der Waals surface area contributed by atoms with Crippen molar-refractivity contribution in [1.82, 2.24) is 15.1 Å². The lowest BCUT2D eigenvalue weighted by molar-refractivity contribution is -0.125. The van der Waals surface area contributed by atoms with Gasteiger partial charge in [-0.15, -0.1) is 0 Å². The van der Waals surface area contributed by atoms with Gasteiger partial charge in [0.05, 0.1) is 6.54 Å². The predicted octanol–water partition coefficient (Wildman–Crippen LogP) is 2.24. The number of likely N-dealkylation sites (tertiary alicyclic amines) is 1. The summed E-state index contributed by atoms with van der Waals surface area (Å²) in [6, 6.07) is 12.4. The van der Waals surface area contributed by atoms with Crippen LogP contribution in [0.1, 0.15) is 38.2 Å². The van der Waals surface area contributed by atoms with E-state index in [0.29, 0.717) is 18.5 Å². The van der Waals surface area contributed by atoms with Crippen LogP contribution in [0.2, 0.25) is 0 Å². The molecule has 0 aromatic heterocycles. The summed E-state index contributed by atoms with van der Waals surface area (Å²) in [4.78, 5) is 25.8. The molecule has 4 atom stereocenters. The number of likely N-dealkylation sites (N-methyl/N-ethyl adjacent to an activating group) is 1. The molecule has 2 bridgehead atoms. The molecule has 3 aliphatic heterocycles. The number of hydrogen-bond acceptors (Lipinski definition) is 4. The molecular weight excluding hydrogens is 366 g/mol. The number of rotatable bonds is 5. The molecule has 160 valence electrons. The first kappa shape index (κ1) is 21.8. The summed E-state index contributed by atoms with van der Waals surface area (Å²) >= 11 is 0. The number of carbonyl (C=O) groups is 2. The van der Waals surface area contributed by atoms with Crippen LogP contribution in [0.4, 0.5) is 0 Å². The van der Waals surface area contributed by atoms with Crippen molar-refractivity contribution < 1.29 is 14.7 Å². The minimum absolute atomic E-state index is 0.188. The Morgan fingerprint density at radius 1 is 1.21 bits per heavy atom. The van der Waals surface area contributed by atoms with Crippen molar-refractivity contribution in [1.29, 1.82) is 0 Å². The van der Waals surface area contributed by atoms with Gasteiger partial charge in [-0.1, -0.05) is 36.8 Å². The summed E-state index contributed by atoms with van der Waals surface area (Å²) in [6.45, 7) is 6.50. The van der Waals surface area contributed by atoms with Crippen LogP contribution >= 0.6 is 0 Å². The number of benzene rings is 1. The summed E-state index contributed by atoms with van der Waals surface area (Å²) in [5.41, 5.74) is 1.46.